The smallest absolute Gasteiger partial charge is 0.337 e. The third-order valence-electron chi connectivity index (χ3n) is 1.74. The van der Waals surface area contributed by atoms with Crippen molar-refractivity contribution in [3.05, 3.63) is 11.1 Å². The highest BCUT2D eigenvalue weighted by atomic mass is 16.5. The van der Waals surface area contributed by atoms with Crippen LogP contribution >= 0.6 is 0 Å². The minimum atomic E-state index is -0.474. The van der Waals surface area contributed by atoms with E-state index in [2.05, 4.69) is 9.47 Å². The maximum Gasteiger partial charge on any atom is 0.337 e. The Morgan fingerprint density at radius 3 is 2.83 bits per heavy atom. The Morgan fingerprint density at radius 2 is 2.33 bits per heavy atom. The molecule has 0 spiro atoms. The van der Waals surface area contributed by atoms with Gasteiger partial charge in [0.1, 0.15) is 6.61 Å². The van der Waals surface area contributed by atoms with Crippen molar-refractivity contribution in [3.63, 3.8) is 0 Å². The Bertz CT molecular complexity index is 252. The molecular weight excluding hydrogens is 160 g/mol. The van der Waals surface area contributed by atoms with Gasteiger partial charge in [0.2, 0.25) is 0 Å². The summed E-state index contributed by atoms with van der Waals surface area (Å²) in [6.45, 7) is 1.85. The van der Waals surface area contributed by atoms with E-state index in [1.54, 1.807) is 6.92 Å². The maximum atomic E-state index is 11.0. The molecule has 0 aromatic carbocycles. The fourth-order valence-corrected chi connectivity index (χ4v) is 1.10. The van der Waals surface area contributed by atoms with Crippen molar-refractivity contribution in [2.24, 2.45) is 0 Å². The number of methoxy groups -OCH3 is 1. The molecule has 0 unspecified atom stereocenters. The molecule has 0 aliphatic carbocycles. The van der Waals surface area contributed by atoms with Gasteiger partial charge in [-0.1, -0.05) is 6.92 Å². The molecule has 1 aliphatic heterocycles. The van der Waals surface area contributed by atoms with Gasteiger partial charge in [-0.05, 0) is 6.42 Å². The largest absolute Gasteiger partial charge is 0.466 e. The summed E-state index contributed by atoms with van der Waals surface area (Å²) in [7, 11) is 1.28. The van der Waals surface area contributed by atoms with Crippen LogP contribution in [0.25, 0.3) is 0 Å². The Hall–Kier alpha value is -1.32. The lowest BCUT2D eigenvalue weighted by Crippen LogP contribution is -2.07. The standard InChI is InChI=1S/C8H10O4/c1-3-5-6(7(9)11-2)4-12-8(5)10/h3-4H2,1-2H3. The first kappa shape index (κ1) is 8.77. The fraction of sp³-hybridized carbons (Fsp3) is 0.500. The lowest BCUT2D eigenvalue weighted by atomic mass is 10.1. The number of ether oxygens (including phenoxy) is 2. The second-order valence-corrected chi connectivity index (χ2v) is 2.38. The number of rotatable bonds is 2. The second kappa shape index (κ2) is 3.38. The predicted octanol–water partition coefficient (Wildman–Crippen LogP) is 0.423. The van der Waals surface area contributed by atoms with Crippen molar-refractivity contribution in [2.75, 3.05) is 13.7 Å². The fourth-order valence-electron chi connectivity index (χ4n) is 1.10. The zero-order valence-electron chi connectivity index (χ0n) is 7.05. The van der Waals surface area contributed by atoms with E-state index in [-0.39, 0.29) is 6.61 Å². The van der Waals surface area contributed by atoms with Crippen LogP contribution in [-0.4, -0.2) is 25.7 Å². The summed E-state index contributed by atoms with van der Waals surface area (Å²) in [6, 6.07) is 0. The lowest BCUT2D eigenvalue weighted by Gasteiger charge is -1.97. The molecule has 0 radical (unpaired) electrons. The van der Waals surface area contributed by atoms with Crippen molar-refractivity contribution >= 4 is 11.9 Å². The van der Waals surface area contributed by atoms with Crippen molar-refractivity contribution in [2.45, 2.75) is 13.3 Å². The highest BCUT2D eigenvalue weighted by Crippen LogP contribution is 2.19. The van der Waals surface area contributed by atoms with Crippen LogP contribution in [0.5, 0.6) is 0 Å². The number of carbonyl (C=O) groups is 2. The monoisotopic (exact) mass is 170 g/mol. The topological polar surface area (TPSA) is 52.6 Å². The van der Waals surface area contributed by atoms with E-state index in [0.29, 0.717) is 17.6 Å². The highest BCUT2D eigenvalue weighted by molar-refractivity contribution is 6.03. The summed E-state index contributed by atoms with van der Waals surface area (Å²) in [5, 5.41) is 0. The predicted molar refractivity (Wildman–Crippen MR) is 40.3 cm³/mol. The normalized spacial score (nSPS) is 16.3. The van der Waals surface area contributed by atoms with Gasteiger partial charge in [-0.3, -0.25) is 0 Å². The molecule has 0 amide bonds. The summed E-state index contributed by atoms with van der Waals surface area (Å²) < 4.78 is 9.16. The Balaban J connectivity index is 2.93. The molecule has 1 heterocycles. The maximum absolute atomic E-state index is 11.0. The quantitative estimate of drug-likeness (QED) is 0.564. The molecule has 0 saturated carbocycles. The van der Waals surface area contributed by atoms with E-state index >= 15 is 0 Å². The summed E-state index contributed by atoms with van der Waals surface area (Å²) in [6.07, 6.45) is 0.503. The van der Waals surface area contributed by atoms with Crippen LogP contribution < -0.4 is 0 Å². The van der Waals surface area contributed by atoms with Crippen LogP contribution in [0.3, 0.4) is 0 Å². The molecule has 0 aromatic rings. The van der Waals surface area contributed by atoms with Crippen LogP contribution in [0.2, 0.25) is 0 Å². The summed E-state index contributed by atoms with van der Waals surface area (Å²) in [5.74, 6) is -0.879. The molecule has 4 nitrogen and oxygen atoms in total. The van der Waals surface area contributed by atoms with Crippen LogP contribution in [0, 0.1) is 0 Å². The van der Waals surface area contributed by atoms with E-state index in [4.69, 9.17) is 0 Å². The van der Waals surface area contributed by atoms with Crippen molar-refractivity contribution < 1.29 is 19.1 Å². The third kappa shape index (κ3) is 1.32. The van der Waals surface area contributed by atoms with Crippen LogP contribution in [0.4, 0.5) is 0 Å². The zero-order chi connectivity index (χ0) is 9.14. The van der Waals surface area contributed by atoms with Gasteiger partial charge in [0.05, 0.1) is 18.3 Å². The van der Waals surface area contributed by atoms with Crippen LogP contribution in [0.1, 0.15) is 13.3 Å². The van der Waals surface area contributed by atoms with Crippen molar-refractivity contribution in [1.82, 2.24) is 0 Å². The lowest BCUT2D eigenvalue weighted by molar-refractivity contribution is -0.137. The molecule has 4 heteroatoms. The first-order valence-corrected chi connectivity index (χ1v) is 3.68. The van der Waals surface area contributed by atoms with Gasteiger partial charge in [0.25, 0.3) is 0 Å². The minimum absolute atomic E-state index is 0.0503. The molecule has 0 N–H and O–H groups in total. The van der Waals surface area contributed by atoms with Crippen LogP contribution in [0.15, 0.2) is 11.1 Å². The van der Waals surface area contributed by atoms with Crippen molar-refractivity contribution in [3.8, 4) is 0 Å². The molecule has 66 valence electrons. The molecule has 1 rings (SSSR count). The highest BCUT2D eigenvalue weighted by Gasteiger charge is 2.28. The number of esters is 2. The zero-order valence-corrected chi connectivity index (χ0v) is 7.05. The van der Waals surface area contributed by atoms with E-state index in [1.807, 2.05) is 0 Å². The molecule has 0 saturated heterocycles. The molecule has 0 fully saturated rings. The Morgan fingerprint density at radius 1 is 1.67 bits per heavy atom. The van der Waals surface area contributed by atoms with Gasteiger partial charge in [-0.15, -0.1) is 0 Å². The molecular formula is C8H10O4. The summed E-state index contributed by atoms with van der Waals surface area (Å²) in [5.41, 5.74) is 0.784. The van der Waals surface area contributed by atoms with E-state index in [9.17, 15) is 9.59 Å². The first-order chi connectivity index (χ1) is 5.70. The van der Waals surface area contributed by atoms with Gasteiger partial charge in [-0.25, -0.2) is 9.59 Å². The number of carbonyl (C=O) groups excluding carboxylic acids is 2. The Labute approximate surface area is 70.1 Å². The number of hydrogen-bond donors (Lipinski definition) is 0. The van der Waals surface area contributed by atoms with E-state index in [0.717, 1.165) is 0 Å². The van der Waals surface area contributed by atoms with Gasteiger partial charge >= 0.3 is 11.9 Å². The first-order valence-electron chi connectivity index (χ1n) is 3.68. The molecule has 0 bridgehead atoms. The van der Waals surface area contributed by atoms with Crippen LogP contribution in [-0.2, 0) is 19.1 Å². The molecule has 12 heavy (non-hydrogen) atoms. The molecule has 0 atom stereocenters. The van der Waals surface area contributed by atoms with E-state index in [1.165, 1.54) is 7.11 Å². The number of cyclic esters (lactones) is 1. The third-order valence-corrected chi connectivity index (χ3v) is 1.74. The second-order valence-electron chi connectivity index (χ2n) is 2.38. The average Bonchev–Trinajstić information content (AvgIpc) is 2.45. The minimum Gasteiger partial charge on any atom is -0.466 e. The average molecular weight is 170 g/mol. The molecule has 1 aliphatic rings. The van der Waals surface area contributed by atoms with E-state index < -0.39 is 11.9 Å². The summed E-state index contributed by atoms with van der Waals surface area (Å²) >= 11 is 0. The number of hydrogen-bond acceptors (Lipinski definition) is 4. The van der Waals surface area contributed by atoms with Crippen molar-refractivity contribution in [1.29, 1.82) is 0 Å². The Kier molecular flexibility index (Phi) is 2.47. The summed E-state index contributed by atoms with van der Waals surface area (Å²) in [4.78, 5) is 22.0. The SMILES string of the molecule is CCC1=C(C(=O)OC)COC1=O. The van der Waals surface area contributed by atoms with Gasteiger partial charge < -0.3 is 9.47 Å². The van der Waals surface area contributed by atoms with Gasteiger partial charge in [-0.2, -0.15) is 0 Å². The van der Waals surface area contributed by atoms with Gasteiger partial charge in [0.15, 0.2) is 0 Å². The molecule has 0 aromatic heterocycles. The van der Waals surface area contributed by atoms with Gasteiger partial charge in [0, 0.05) is 0 Å².